The number of ether oxygens (including phenoxy) is 2. The molecule has 1 fully saturated rings. The predicted octanol–water partition coefficient (Wildman–Crippen LogP) is 2.86. The van der Waals surface area contributed by atoms with Crippen molar-refractivity contribution in [3.8, 4) is 0 Å². The minimum Gasteiger partial charge on any atom is -0.459 e. The highest BCUT2D eigenvalue weighted by atomic mass is 16.5. The SMILES string of the molecule is Cc1[nH]c(C(=O)OCC(=O)N2C[C@@H](C)C[C@H](C)C2)c(C)c1C(=O)OC(C)C. The first-order valence-corrected chi connectivity index (χ1v) is 9.45. The maximum atomic E-state index is 12.4. The van der Waals surface area contributed by atoms with Crippen LogP contribution < -0.4 is 0 Å². The average Bonchev–Trinajstić information content (AvgIpc) is 2.85. The summed E-state index contributed by atoms with van der Waals surface area (Å²) in [5.41, 5.74) is 1.52. The van der Waals surface area contributed by atoms with Crippen LogP contribution in [0, 0.1) is 25.7 Å². The lowest BCUT2D eigenvalue weighted by molar-refractivity contribution is -0.137. The first kappa shape index (κ1) is 21.0. The highest BCUT2D eigenvalue weighted by Crippen LogP contribution is 2.22. The number of esters is 2. The first-order chi connectivity index (χ1) is 12.6. The topological polar surface area (TPSA) is 88.7 Å². The minimum atomic E-state index is -0.648. The number of rotatable bonds is 5. The van der Waals surface area contributed by atoms with Crippen molar-refractivity contribution in [2.24, 2.45) is 11.8 Å². The van der Waals surface area contributed by atoms with Gasteiger partial charge in [0.2, 0.25) is 0 Å². The Morgan fingerprint density at radius 2 is 1.70 bits per heavy atom. The molecule has 0 spiro atoms. The first-order valence-electron chi connectivity index (χ1n) is 9.45. The van der Waals surface area contributed by atoms with E-state index in [1.54, 1.807) is 32.6 Å². The van der Waals surface area contributed by atoms with Gasteiger partial charge in [0.25, 0.3) is 5.91 Å². The molecule has 1 aliphatic heterocycles. The van der Waals surface area contributed by atoms with Gasteiger partial charge < -0.3 is 19.4 Å². The maximum absolute atomic E-state index is 12.4. The number of nitrogens with one attached hydrogen (secondary N) is 1. The number of H-pyrrole nitrogens is 1. The molecule has 0 saturated carbocycles. The fraction of sp³-hybridized carbons (Fsp3) is 0.650. The molecule has 7 heteroatoms. The summed E-state index contributed by atoms with van der Waals surface area (Å²) in [5, 5.41) is 0. The van der Waals surface area contributed by atoms with Crippen LogP contribution in [0.15, 0.2) is 0 Å². The quantitative estimate of drug-likeness (QED) is 0.796. The molecule has 1 aromatic heterocycles. The summed E-state index contributed by atoms with van der Waals surface area (Å²) >= 11 is 0. The Balaban J connectivity index is 2.02. The van der Waals surface area contributed by atoms with E-state index >= 15 is 0 Å². The van der Waals surface area contributed by atoms with Gasteiger partial charge in [-0.05, 0) is 51.5 Å². The van der Waals surface area contributed by atoms with Gasteiger partial charge in [0.05, 0.1) is 11.7 Å². The number of aromatic nitrogens is 1. The van der Waals surface area contributed by atoms with Gasteiger partial charge >= 0.3 is 11.9 Å². The lowest BCUT2D eigenvalue weighted by Crippen LogP contribution is -2.44. The van der Waals surface area contributed by atoms with Crippen molar-refractivity contribution < 1.29 is 23.9 Å². The fourth-order valence-corrected chi connectivity index (χ4v) is 3.69. The van der Waals surface area contributed by atoms with Gasteiger partial charge in [0, 0.05) is 18.8 Å². The molecule has 0 unspecified atom stereocenters. The molecular weight excluding hydrogens is 348 g/mol. The van der Waals surface area contributed by atoms with Crippen LogP contribution >= 0.6 is 0 Å². The van der Waals surface area contributed by atoms with Crippen molar-refractivity contribution in [1.82, 2.24) is 9.88 Å². The van der Waals surface area contributed by atoms with Gasteiger partial charge in [-0.1, -0.05) is 13.8 Å². The summed E-state index contributed by atoms with van der Waals surface area (Å²) in [6.45, 7) is 12.2. The molecule has 0 aromatic carbocycles. The average molecular weight is 378 g/mol. The largest absolute Gasteiger partial charge is 0.459 e. The molecular formula is C20H30N2O5. The summed E-state index contributed by atoms with van der Waals surface area (Å²) < 4.78 is 10.4. The number of aromatic amines is 1. The summed E-state index contributed by atoms with van der Waals surface area (Å²) in [6.07, 6.45) is 0.841. The molecule has 2 heterocycles. The number of aryl methyl sites for hydroxylation is 1. The minimum absolute atomic E-state index is 0.177. The Morgan fingerprint density at radius 1 is 1.11 bits per heavy atom. The number of nitrogens with zero attached hydrogens (tertiary/aromatic N) is 1. The van der Waals surface area contributed by atoms with Gasteiger partial charge in [-0.15, -0.1) is 0 Å². The van der Waals surface area contributed by atoms with Crippen LogP contribution in [0.25, 0.3) is 0 Å². The smallest absolute Gasteiger partial charge is 0.355 e. The fourth-order valence-electron chi connectivity index (χ4n) is 3.69. The van der Waals surface area contributed by atoms with Crippen molar-refractivity contribution in [3.05, 3.63) is 22.5 Å². The Hall–Kier alpha value is -2.31. The van der Waals surface area contributed by atoms with Crippen LogP contribution in [-0.2, 0) is 14.3 Å². The van der Waals surface area contributed by atoms with E-state index in [0.29, 0.717) is 41.7 Å². The number of hydrogen-bond acceptors (Lipinski definition) is 5. The van der Waals surface area contributed by atoms with E-state index in [2.05, 4.69) is 18.8 Å². The second kappa shape index (κ2) is 8.59. The van der Waals surface area contributed by atoms with Crippen LogP contribution in [0.2, 0.25) is 0 Å². The number of piperidine rings is 1. The number of carbonyl (C=O) groups is 3. The van der Waals surface area contributed by atoms with Crippen LogP contribution in [0.5, 0.6) is 0 Å². The van der Waals surface area contributed by atoms with E-state index < -0.39 is 11.9 Å². The van der Waals surface area contributed by atoms with E-state index in [1.807, 2.05) is 0 Å². The zero-order chi connectivity index (χ0) is 20.3. The maximum Gasteiger partial charge on any atom is 0.355 e. The van der Waals surface area contributed by atoms with Gasteiger partial charge in [-0.25, -0.2) is 9.59 Å². The van der Waals surface area contributed by atoms with E-state index in [1.165, 1.54) is 0 Å². The zero-order valence-corrected chi connectivity index (χ0v) is 17.0. The zero-order valence-electron chi connectivity index (χ0n) is 17.0. The molecule has 0 bridgehead atoms. The molecule has 0 radical (unpaired) electrons. The highest BCUT2D eigenvalue weighted by molar-refractivity contribution is 5.99. The molecule has 1 N–H and O–H groups in total. The van der Waals surface area contributed by atoms with Crippen molar-refractivity contribution in [2.45, 2.75) is 54.1 Å². The molecule has 2 atom stereocenters. The van der Waals surface area contributed by atoms with Crippen molar-refractivity contribution in [2.75, 3.05) is 19.7 Å². The molecule has 0 aliphatic carbocycles. The Morgan fingerprint density at radius 3 is 2.26 bits per heavy atom. The summed E-state index contributed by atoms with van der Waals surface area (Å²) in [4.78, 5) is 41.6. The normalized spacial score (nSPS) is 19.9. The molecule has 27 heavy (non-hydrogen) atoms. The third-order valence-electron chi connectivity index (χ3n) is 4.74. The van der Waals surface area contributed by atoms with Crippen LogP contribution in [0.1, 0.15) is 66.2 Å². The van der Waals surface area contributed by atoms with Crippen LogP contribution in [0.3, 0.4) is 0 Å². The molecule has 2 rings (SSSR count). The summed E-state index contributed by atoms with van der Waals surface area (Å²) in [7, 11) is 0. The third-order valence-corrected chi connectivity index (χ3v) is 4.74. The highest BCUT2D eigenvalue weighted by Gasteiger charge is 2.28. The van der Waals surface area contributed by atoms with E-state index in [0.717, 1.165) is 6.42 Å². The summed E-state index contributed by atoms with van der Waals surface area (Å²) in [5.74, 6) is -0.442. The van der Waals surface area contributed by atoms with Gasteiger partial charge in [-0.3, -0.25) is 4.79 Å². The van der Waals surface area contributed by atoms with Crippen molar-refractivity contribution >= 4 is 17.8 Å². The Kier molecular flexibility index (Phi) is 6.68. The van der Waals surface area contributed by atoms with Gasteiger partial charge in [-0.2, -0.15) is 0 Å². The second-order valence-electron chi connectivity index (χ2n) is 7.90. The number of carbonyl (C=O) groups excluding carboxylic acids is 3. The van der Waals surface area contributed by atoms with E-state index in [-0.39, 0.29) is 24.3 Å². The van der Waals surface area contributed by atoms with Gasteiger partial charge in [0.15, 0.2) is 6.61 Å². The number of hydrogen-bond donors (Lipinski definition) is 1. The molecule has 1 amide bonds. The molecule has 7 nitrogen and oxygen atoms in total. The standard InChI is InChI=1S/C20H30N2O5/c1-11(2)27-19(24)17-14(5)18(21-15(17)6)20(25)26-10-16(23)22-8-12(3)7-13(4)9-22/h11-13,21H,7-10H2,1-6H3/t12-,13-/m0/s1. The monoisotopic (exact) mass is 378 g/mol. The molecule has 1 aliphatic rings. The molecule has 1 saturated heterocycles. The Labute approximate surface area is 160 Å². The lowest BCUT2D eigenvalue weighted by Gasteiger charge is -2.34. The predicted molar refractivity (Wildman–Crippen MR) is 101 cm³/mol. The van der Waals surface area contributed by atoms with Gasteiger partial charge in [0.1, 0.15) is 5.69 Å². The number of likely N-dealkylation sites (tertiary alicyclic amines) is 1. The molecule has 1 aromatic rings. The van der Waals surface area contributed by atoms with Crippen LogP contribution in [0.4, 0.5) is 0 Å². The second-order valence-corrected chi connectivity index (χ2v) is 7.90. The van der Waals surface area contributed by atoms with E-state index in [4.69, 9.17) is 9.47 Å². The lowest BCUT2D eigenvalue weighted by atomic mass is 9.92. The van der Waals surface area contributed by atoms with Crippen LogP contribution in [-0.4, -0.2) is 53.5 Å². The van der Waals surface area contributed by atoms with Crippen molar-refractivity contribution in [3.63, 3.8) is 0 Å². The molecule has 150 valence electrons. The van der Waals surface area contributed by atoms with E-state index in [9.17, 15) is 14.4 Å². The Bertz CT molecular complexity index is 712. The third kappa shape index (κ3) is 5.11. The summed E-state index contributed by atoms with van der Waals surface area (Å²) in [6, 6.07) is 0. The number of amides is 1. The van der Waals surface area contributed by atoms with Crippen molar-refractivity contribution in [1.29, 1.82) is 0 Å².